The van der Waals surface area contributed by atoms with Crippen LogP contribution in [0.2, 0.25) is 0 Å². The molecule has 0 aliphatic carbocycles. The second-order valence-electron chi connectivity index (χ2n) is 4.84. The van der Waals surface area contributed by atoms with E-state index in [2.05, 4.69) is 20.2 Å². The van der Waals surface area contributed by atoms with Gasteiger partial charge in [-0.1, -0.05) is 12.8 Å². The summed E-state index contributed by atoms with van der Waals surface area (Å²) in [5.41, 5.74) is 0. The Kier molecular flexibility index (Phi) is 5.36. The molecule has 1 aliphatic heterocycles. The first-order chi connectivity index (χ1) is 8.84. The number of aliphatic hydroxyl groups is 1. The second kappa shape index (κ2) is 7.28. The Balaban J connectivity index is 1.69. The smallest absolute Gasteiger partial charge is 0.129 e. The quantitative estimate of drug-likeness (QED) is 0.820. The predicted octanol–water partition coefficient (Wildman–Crippen LogP) is 1.13. The number of aliphatic hydroxyl groups excluding tert-OH is 1. The summed E-state index contributed by atoms with van der Waals surface area (Å²) in [6.45, 7) is 3.51. The van der Waals surface area contributed by atoms with Crippen LogP contribution in [0.1, 0.15) is 25.7 Å². The molecule has 2 heterocycles. The van der Waals surface area contributed by atoms with Crippen molar-refractivity contribution < 1.29 is 5.11 Å². The Labute approximate surface area is 108 Å². The van der Waals surface area contributed by atoms with Gasteiger partial charge in [0.2, 0.25) is 0 Å². The zero-order valence-electron chi connectivity index (χ0n) is 10.8. The minimum absolute atomic E-state index is 0.349. The summed E-state index contributed by atoms with van der Waals surface area (Å²) in [5.74, 6) is 0.764. The summed E-state index contributed by atoms with van der Waals surface area (Å²) in [7, 11) is 0. The fourth-order valence-electron chi connectivity index (χ4n) is 2.30. The number of hydrogen-bond donors (Lipinski definition) is 2. The molecule has 0 saturated carbocycles. The van der Waals surface area contributed by atoms with E-state index in [1.54, 1.807) is 12.3 Å². The molecule has 1 aliphatic rings. The Morgan fingerprint density at radius 1 is 1.28 bits per heavy atom. The van der Waals surface area contributed by atoms with Gasteiger partial charge < -0.3 is 15.3 Å². The molecule has 1 aromatic heterocycles. The Bertz CT molecular complexity index is 325. The molecule has 0 spiro atoms. The van der Waals surface area contributed by atoms with Crippen molar-refractivity contribution in [1.82, 2.24) is 14.9 Å². The van der Waals surface area contributed by atoms with Gasteiger partial charge in [-0.05, 0) is 32.0 Å². The molecule has 0 amide bonds. The number of nitrogens with zero attached hydrogens (tertiary/aromatic N) is 3. The van der Waals surface area contributed by atoms with Crippen LogP contribution in [0.15, 0.2) is 18.6 Å². The number of hydrogen-bond acceptors (Lipinski definition) is 5. The monoisotopic (exact) mass is 250 g/mol. The highest BCUT2D eigenvalue weighted by Gasteiger charge is 2.13. The van der Waals surface area contributed by atoms with Gasteiger partial charge in [-0.25, -0.2) is 9.97 Å². The highest BCUT2D eigenvalue weighted by atomic mass is 16.3. The lowest BCUT2D eigenvalue weighted by molar-refractivity contribution is 0.124. The van der Waals surface area contributed by atoms with Crippen LogP contribution in [-0.4, -0.2) is 52.3 Å². The Hall–Kier alpha value is -1.20. The summed E-state index contributed by atoms with van der Waals surface area (Å²) in [4.78, 5) is 10.3. The van der Waals surface area contributed by atoms with E-state index in [0.717, 1.165) is 25.5 Å². The second-order valence-corrected chi connectivity index (χ2v) is 4.84. The average Bonchev–Trinajstić information content (AvgIpc) is 2.66. The maximum absolute atomic E-state index is 10.0. The topological polar surface area (TPSA) is 61.3 Å². The molecule has 1 fully saturated rings. The molecular weight excluding hydrogens is 228 g/mol. The molecule has 1 saturated heterocycles. The van der Waals surface area contributed by atoms with Gasteiger partial charge in [-0.3, -0.25) is 0 Å². The third-order valence-corrected chi connectivity index (χ3v) is 3.27. The average molecular weight is 250 g/mol. The van der Waals surface area contributed by atoms with Gasteiger partial charge >= 0.3 is 0 Å². The largest absolute Gasteiger partial charge is 0.390 e. The maximum atomic E-state index is 10.0. The third kappa shape index (κ3) is 4.58. The summed E-state index contributed by atoms with van der Waals surface area (Å²) in [5, 5.41) is 13.1. The van der Waals surface area contributed by atoms with Gasteiger partial charge in [0.15, 0.2) is 0 Å². The molecule has 100 valence electrons. The van der Waals surface area contributed by atoms with Crippen LogP contribution in [0.25, 0.3) is 0 Å². The Morgan fingerprint density at radius 2 is 2.06 bits per heavy atom. The van der Waals surface area contributed by atoms with E-state index >= 15 is 0 Å². The van der Waals surface area contributed by atoms with Gasteiger partial charge in [0.05, 0.1) is 6.10 Å². The summed E-state index contributed by atoms with van der Waals surface area (Å²) in [6, 6.07) is 1.80. The highest BCUT2D eigenvalue weighted by molar-refractivity contribution is 5.31. The lowest BCUT2D eigenvalue weighted by atomic mass is 10.2. The van der Waals surface area contributed by atoms with Gasteiger partial charge in [0.25, 0.3) is 0 Å². The SMILES string of the molecule is O[C@H](CNc1ccncn1)CN1CCCCCC1. The van der Waals surface area contributed by atoms with Crippen molar-refractivity contribution in [3.05, 3.63) is 18.6 Å². The molecule has 1 aromatic rings. The minimum Gasteiger partial charge on any atom is -0.390 e. The summed E-state index contributed by atoms with van der Waals surface area (Å²) < 4.78 is 0. The van der Waals surface area contributed by atoms with Crippen LogP contribution in [-0.2, 0) is 0 Å². The van der Waals surface area contributed by atoms with E-state index in [1.165, 1.54) is 32.0 Å². The molecule has 2 rings (SSSR count). The molecule has 5 heteroatoms. The predicted molar refractivity (Wildman–Crippen MR) is 71.4 cm³/mol. The van der Waals surface area contributed by atoms with E-state index < -0.39 is 0 Å². The van der Waals surface area contributed by atoms with E-state index in [-0.39, 0.29) is 6.10 Å². The number of β-amino-alcohol motifs (C(OH)–C–C–N with tert-alkyl or cyclic N) is 1. The zero-order chi connectivity index (χ0) is 12.6. The molecular formula is C13H22N4O. The number of aromatic nitrogens is 2. The first-order valence-electron chi connectivity index (χ1n) is 6.75. The minimum atomic E-state index is -0.349. The van der Waals surface area contributed by atoms with Crippen LogP contribution in [0.3, 0.4) is 0 Å². The summed E-state index contributed by atoms with van der Waals surface area (Å²) in [6.07, 6.45) is 8.01. The normalized spacial score (nSPS) is 19.2. The number of anilines is 1. The molecule has 0 bridgehead atoms. The molecule has 18 heavy (non-hydrogen) atoms. The van der Waals surface area contributed by atoms with Crippen LogP contribution in [0, 0.1) is 0 Å². The van der Waals surface area contributed by atoms with Gasteiger partial charge in [-0.2, -0.15) is 0 Å². The van der Waals surface area contributed by atoms with Crippen molar-refractivity contribution in [3.63, 3.8) is 0 Å². The first kappa shape index (κ1) is 13.2. The van der Waals surface area contributed by atoms with Crippen molar-refractivity contribution in [3.8, 4) is 0 Å². The van der Waals surface area contributed by atoms with Crippen molar-refractivity contribution in [2.24, 2.45) is 0 Å². The summed E-state index contributed by atoms with van der Waals surface area (Å²) >= 11 is 0. The lowest BCUT2D eigenvalue weighted by Crippen LogP contribution is -2.36. The van der Waals surface area contributed by atoms with Crippen molar-refractivity contribution in [2.45, 2.75) is 31.8 Å². The number of likely N-dealkylation sites (tertiary alicyclic amines) is 1. The fourth-order valence-corrected chi connectivity index (χ4v) is 2.30. The van der Waals surface area contributed by atoms with Crippen molar-refractivity contribution in [1.29, 1.82) is 0 Å². The lowest BCUT2D eigenvalue weighted by Gasteiger charge is -2.23. The van der Waals surface area contributed by atoms with Gasteiger partial charge in [0.1, 0.15) is 12.1 Å². The van der Waals surface area contributed by atoms with E-state index in [1.807, 2.05) is 0 Å². The van der Waals surface area contributed by atoms with E-state index in [9.17, 15) is 5.11 Å². The maximum Gasteiger partial charge on any atom is 0.129 e. The third-order valence-electron chi connectivity index (χ3n) is 3.27. The van der Waals surface area contributed by atoms with Crippen LogP contribution < -0.4 is 5.32 Å². The standard InChI is InChI=1S/C13H22N4O/c18-12(9-15-13-5-6-14-11-16-13)10-17-7-3-1-2-4-8-17/h5-6,11-12,18H,1-4,7-10H2,(H,14,15,16)/t12-/m1/s1. The molecule has 0 aromatic carbocycles. The van der Waals surface area contributed by atoms with Crippen LogP contribution in [0.4, 0.5) is 5.82 Å². The van der Waals surface area contributed by atoms with Crippen molar-refractivity contribution in [2.75, 3.05) is 31.5 Å². The van der Waals surface area contributed by atoms with Crippen LogP contribution in [0.5, 0.6) is 0 Å². The fraction of sp³-hybridized carbons (Fsp3) is 0.692. The number of rotatable bonds is 5. The number of nitrogens with one attached hydrogen (secondary N) is 1. The van der Waals surface area contributed by atoms with Gasteiger partial charge in [0, 0.05) is 19.3 Å². The van der Waals surface area contributed by atoms with E-state index in [0.29, 0.717) is 6.54 Å². The molecule has 2 N–H and O–H groups in total. The Morgan fingerprint density at radius 3 is 2.72 bits per heavy atom. The van der Waals surface area contributed by atoms with Crippen molar-refractivity contribution >= 4 is 5.82 Å². The van der Waals surface area contributed by atoms with E-state index in [4.69, 9.17) is 0 Å². The molecule has 0 radical (unpaired) electrons. The van der Waals surface area contributed by atoms with Crippen LogP contribution >= 0.6 is 0 Å². The zero-order valence-corrected chi connectivity index (χ0v) is 10.8. The molecule has 1 atom stereocenters. The van der Waals surface area contributed by atoms with Gasteiger partial charge in [-0.15, -0.1) is 0 Å². The molecule has 5 nitrogen and oxygen atoms in total. The highest BCUT2D eigenvalue weighted by Crippen LogP contribution is 2.10. The first-order valence-corrected chi connectivity index (χ1v) is 6.75. The molecule has 0 unspecified atom stereocenters.